The minimum Gasteiger partial charge on any atom is -0.748 e. The second kappa shape index (κ2) is 16.8. The molecule has 0 fully saturated rings. The Morgan fingerprint density at radius 2 is 1.24 bits per heavy atom. The Morgan fingerprint density at radius 3 is 1.66 bits per heavy atom. The van der Waals surface area contributed by atoms with Gasteiger partial charge in [-0.15, -0.1) is 0 Å². The number of benzene rings is 1. The zero-order chi connectivity index (χ0) is 22.0. The summed E-state index contributed by atoms with van der Waals surface area (Å²) in [6, 6.07) is 10.9. The van der Waals surface area contributed by atoms with E-state index in [9.17, 15) is 13.0 Å². The Kier molecular flexibility index (Phi) is 16.3. The summed E-state index contributed by atoms with van der Waals surface area (Å²) in [7, 11) is 0.799. The van der Waals surface area contributed by atoms with Crippen LogP contribution >= 0.6 is 0 Å². The second-order valence-electron chi connectivity index (χ2n) is 8.75. The first-order chi connectivity index (χ1) is 13.7. The monoisotopic (exact) mass is 427 g/mol. The summed E-state index contributed by atoms with van der Waals surface area (Å²) in [6.45, 7) is 6.39. The number of unbranched alkanes of at least 4 members (excludes halogenated alkanes) is 9. The summed E-state index contributed by atoms with van der Waals surface area (Å²) >= 11 is 0. The molecule has 0 N–H and O–H groups in total. The van der Waals surface area contributed by atoms with Gasteiger partial charge in [0.05, 0.1) is 30.8 Å². The molecule has 0 amide bonds. The largest absolute Gasteiger partial charge is 0.748 e. The summed E-state index contributed by atoms with van der Waals surface area (Å²) in [5.41, 5.74) is 1.46. The van der Waals surface area contributed by atoms with Crippen LogP contribution in [0.5, 0.6) is 0 Å². The Labute approximate surface area is 181 Å². The van der Waals surface area contributed by atoms with Crippen molar-refractivity contribution in [1.82, 2.24) is 0 Å². The lowest BCUT2D eigenvalue weighted by molar-refractivity contribution is -0.903. The molecule has 0 spiro atoms. The van der Waals surface area contributed by atoms with Gasteiger partial charge in [-0.2, -0.15) is 0 Å². The highest BCUT2D eigenvalue weighted by Gasteiger charge is 2.14. The molecular formula is C24H45NO3S. The second-order valence-corrected chi connectivity index (χ2v) is 10.3. The maximum absolute atomic E-state index is 9.68. The number of quaternary nitrogens is 1. The first-order valence-electron chi connectivity index (χ1n) is 11.5. The molecule has 170 valence electrons. The van der Waals surface area contributed by atoms with E-state index in [0.29, 0.717) is 6.42 Å². The van der Waals surface area contributed by atoms with E-state index in [-0.39, 0.29) is 5.75 Å². The third-order valence-electron chi connectivity index (χ3n) is 5.02. The number of hydrogen-bond acceptors (Lipinski definition) is 3. The van der Waals surface area contributed by atoms with Gasteiger partial charge in [0, 0.05) is 11.3 Å². The van der Waals surface area contributed by atoms with Gasteiger partial charge in [0.25, 0.3) is 0 Å². The van der Waals surface area contributed by atoms with Gasteiger partial charge in [0.15, 0.2) is 0 Å². The summed E-state index contributed by atoms with van der Waals surface area (Å²) in [5.74, 6) is -0.243. The van der Waals surface area contributed by atoms with Crippen LogP contribution in [-0.4, -0.2) is 43.8 Å². The van der Waals surface area contributed by atoms with Gasteiger partial charge >= 0.3 is 0 Å². The van der Waals surface area contributed by atoms with Crippen LogP contribution in [0.4, 0.5) is 0 Å². The van der Waals surface area contributed by atoms with Crippen LogP contribution in [0, 0.1) is 0 Å². The molecule has 0 heterocycles. The quantitative estimate of drug-likeness (QED) is 0.192. The van der Waals surface area contributed by atoms with Crippen molar-refractivity contribution in [3.63, 3.8) is 0 Å². The molecule has 0 radical (unpaired) electrons. The molecule has 0 atom stereocenters. The first-order valence-corrected chi connectivity index (χ1v) is 13.1. The third kappa shape index (κ3) is 20.2. The lowest BCUT2D eigenvalue weighted by Gasteiger charge is -2.30. The minimum atomic E-state index is -3.92. The fourth-order valence-electron chi connectivity index (χ4n) is 3.43. The maximum atomic E-state index is 9.68. The minimum absolute atomic E-state index is 0.243. The molecule has 5 heteroatoms. The van der Waals surface area contributed by atoms with Gasteiger partial charge in [-0.05, 0) is 19.3 Å². The standard InChI is InChI=1S/C21H38N.C3H8O3S/c1-4-5-6-7-8-9-10-11-12-16-19-22(2,3)20-21-17-14-13-15-18-21;1-2-3-7(4,5)6/h13-15,17-18H,4-12,16,19-20H2,1-3H3;2-3H2,1H3,(H,4,5,6)/q+1;/p-1. The summed E-state index contributed by atoms with van der Waals surface area (Å²) < 4.78 is 30.1. The predicted molar refractivity (Wildman–Crippen MR) is 124 cm³/mol. The van der Waals surface area contributed by atoms with Crippen molar-refractivity contribution in [2.45, 2.75) is 91.0 Å². The molecule has 29 heavy (non-hydrogen) atoms. The van der Waals surface area contributed by atoms with E-state index in [1.165, 1.54) is 76.3 Å². The lowest BCUT2D eigenvalue weighted by atomic mass is 10.1. The molecule has 0 saturated heterocycles. The Balaban J connectivity index is 0.000000956. The van der Waals surface area contributed by atoms with E-state index < -0.39 is 10.1 Å². The van der Waals surface area contributed by atoms with Crippen molar-refractivity contribution < 1.29 is 17.5 Å². The van der Waals surface area contributed by atoms with E-state index in [0.717, 1.165) is 11.0 Å². The van der Waals surface area contributed by atoms with Gasteiger partial charge in [-0.25, -0.2) is 8.42 Å². The van der Waals surface area contributed by atoms with Crippen LogP contribution in [-0.2, 0) is 16.7 Å². The molecule has 1 aromatic rings. The van der Waals surface area contributed by atoms with Crippen LogP contribution in [0.3, 0.4) is 0 Å². The Bertz CT molecular complexity index is 585. The predicted octanol–water partition coefficient (Wildman–Crippen LogP) is 6.13. The molecular weight excluding hydrogens is 382 g/mol. The highest BCUT2D eigenvalue weighted by molar-refractivity contribution is 7.85. The molecule has 0 bridgehead atoms. The highest BCUT2D eigenvalue weighted by Crippen LogP contribution is 2.13. The summed E-state index contributed by atoms with van der Waals surface area (Å²) in [5, 5.41) is 0. The van der Waals surface area contributed by atoms with Gasteiger partial charge in [0.2, 0.25) is 0 Å². The molecule has 0 aliphatic carbocycles. The van der Waals surface area contributed by atoms with Crippen LogP contribution in [0.2, 0.25) is 0 Å². The SMILES string of the molecule is CCCCCCCCCCCC[N+](C)(C)Cc1ccccc1.CCCS(=O)(=O)[O-]. The molecule has 1 aromatic carbocycles. The average molecular weight is 428 g/mol. The van der Waals surface area contributed by atoms with Gasteiger partial charge in [-0.1, -0.05) is 95.5 Å². The molecule has 0 aliphatic heterocycles. The van der Waals surface area contributed by atoms with Crippen molar-refractivity contribution in [2.75, 3.05) is 26.4 Å². The van der Waals surface area contributed by atoms with E-state index >= 15 is 0 Å². The molecule has 0 saturated carbocycles. The van der Waals surface area contributed by atoms with E-state index in [4.69, 9.17) is 0 Å². The number of nitrogens with zero attached hydrogens (tertiary/aromatic N) is 1. The summed E-state index contributed by atoms with van der Waals surface area (Å²) in [6.07, 6.45) is 14.6. The zero-order valence-corrected chi connectivity index (χ0v) is 20.2. The van der Waals surface area contributed by atoms with E-state index in [1.807, 2.05) is 0 Å². The zero-order valence-electron chi connectivity index (χ0n) is 19.4. The van der Waals surface area contributed by atoms with Crippen molar-refractivity contribution in [3.05, 3.63) is 35.9 Å². The Hall–Kier alpha value is -0.910. The van der Waals surface area contributed by atoms with Crippen molar-refractivity contribution in [1.29, 1.82) is 0 Å². The van der Waals surface area contributed by atoms with Gasteiger partial charge in [-0.3, -0.25) is 0 Å². The molecule has 0 aromatic heterocycles. The van der Waals surface area contributed by atoms with Crippen LogP contribution < -0.4 is 0 Å². The van der Waals surface area contributed by atoms with Crippen LogP contribution in [0.1, 0.15) is 90.0 Å². The van der Waals surface area contributed by atoms with Gasteiger partial charge in [0.1, 0.15) is 6.54 Å². The summed E-state index contributed by atoms with van der Waals surface area (Å²) in [4.78, 5) is 0. The normalized spacial score (nSPS) is 11.8. The van der Waals surface area contributed by atoms with Crippen molar-refractivity contribution in [3.8, 4) is 0 Å². The third-order valence-corrected chi connectivity index (χ3v) is 5.93. The topological polar surface area (TPSA) is 57.2 Å². The Morgan fingerprint density at radius 1 is 0.759 bits per heavy atom. The van der Waals surface area contributed by atoms with E-state index in [2.05, 4.69) is 51.4 Å². The van der Waals surface area contributed by atoms with E-state index in [1.54, 1.807) is 6.92 Å². The highest BCUT2D eigenvalue weighted by atomic mass is 32.2. The molecule has 4 nitrogen and oxygen atoms in total. The molecule has 0 unspecified atom stereocenters. The molecule has 1 rings (SSSR count). The van der Waals surface area contributed by atoms with Crippen molar-refractivity contribution >= 4 is 10.1 Å². The fourth-order valence-corrected chi connectivity index (χ4v) is 3.93. The van der Waals surface area contributed by atoms with Gasteiger partial charge < -0.3 is 9.04 Å². The van der Waals surface area contributed by atoms with Crippen LogP contribution in [0.25, 0.3) is 0 Å². The molecule has 0 aliphatic rings. The van der Waals surface area contributed by atoms with Crippen LogP contribution in [0.15, 0.2) is 30.3 Å². The number of rotatable bonds is 15. The fraction of sp³-hybridized carbons (Fsp3) is 0.750. The average Bonchev–Trinajstić information content (AvgIpc) is 2.63. The van der Waals surface area contributed by atoms with Crippen molar-refractivity contribution in [2.24, 2.45) is 0 Å². The smallest absolute Gasteiger partial charge is 0.104 e. The number of hydrogen-bond donors (Lipinski definition) is 0. The first kappa shape index (κ1) is 28.1. The lowest BCUT2D eigenvalue weighted by Crippen LogP contribution is -2.39. The maximum Gasteiger partial charge on any atom is 0.104 e.